The topological polar surface area (TPSA) is 17.1 Å². The van der Waals surface area contributed by atoms with Gasteiger partial charge in [0.2, 0.25) is 0 Å². The van der Waals surface area contributed by atoms with Crippen molar-refractivity contribution < 1.29 is 4.79 Å². The van der Waals surface area contributed by atoms with E-state index in [9.17, 15) is 4.79 Å². The molecule has 0 unspecified atom stereocenters. The fourth-order valence-corrected chi connectivity index (χ4v) is 1.35. The van der Waals surface area contributed by atoms with Crippen LogP contribution in [0, 0.1) is 13.8 Å². The van der Waals surface area contributed by atoms with Gasteiger partial charge in [-0.3, -0.25) is 4.79 Å². The largest absolute Gasteiger partial charge is 0.290 e. The summed E-state index contributed by atoms with van der Waals surface area (Å²) in [7, 11) is 0. The molecule has 0 aliphatic carbocycles. The number of aryl methyl sites for hydroxylation is 2. The van der Waals surface area contributed by atoms with Crippen LogP contribution >= 0.6 is 0 Å². The highest BCUT2D eigenvalue weighted by molar-refractivity contribution is 6.01. The lowest BCUT2D eigenvalue weighted by molar-refractivity contribution is -0.110. The van der Waals surface area contributed by atoms with E-state index in [-0.39, 0.29) is 5.78 Å². The van der Waals surface area contributed by atoms with Gasteiger partial charge in [-0.05, 0) is 31.6 Å². The Morgan fingerprint density at radius 3 is 2.29 bits per heavy atom. The van der Waals surface area contributed by atoms with Crippen molar-refractivity contribution in [2.45, 2.75) is 13.8 Å². The van der Waals surface area contributed by atoms with Crippen LogP contribution in [0.25, 0.3) is 6.08 Å². The monoisotopic (exact) mass is 186 g/mol. The van der Waals surface area contributed by atoms with Crippen LogP contribution in [0.5, 0.6) is 0 Å². The van der Waals surface area contributed by atoms with Crippen molar-refractivity contribution in [3.63, 3.8) is 0 Å². The summed E-state index contributed by atoms with van der Waals surface area (Å²) in [5.41, 5.74) is 3.46. The zero-order chi connectivity index (χ0) is 10.6. The molecule has 0 amide bonds. The molecule has 0 atom stereocenters. The third-order valence-corrected chi connectivity index (χ3v) is 1.89. The van der Waals surface area contributed by atoms with E-state index in [1.165, 1.54) is 23.3 Å². The van der Waals surface area contributed by atoms with Gasteiger partial charge in [0.05, 0.1) is 0 Å². The first-order valence-corrected chi connectivity index (χ1v) is 4.54. The molecule has 1 aromatic rings. The second-order valence-electron chi connectivity index (χ2n) is 3.36. The molecule has 0 aromatic heterocycles. The summed E-state index contributed by atoms with van der Waals surface area (Å²) in [6, 6.07) is 6.19. The number of carbonyl (C=O) groups is 1. The minimum atomic E-state index is -0.0656. The van der Waals surface area contributed by atoms with Gasteiger partial charge in [-0.1, -0.05) is 42.0 Å². The molecule has 1 nitrogen and oxygen atoms in total. The predicted molar refractivity (Wildman–Crippen MR) is 60.2 cm³/mol. The predicted octanol–water partition coefficient (Wildman–Crippen LogP) is 3.07. The van der Waals surface area contributed by atoms with Crippen LogP contribution in [-0.4, -0.2) is 5.78 Å². The zero-order valence-electron chi connectivity index (χ0n) is 8.58. The second-order valence-corrected chi connectivity index (χ2v) is 3.36. The Balaban J connectivity index is 2.91. The molecule has 0 fully saturated rings. The average molecular weight is 186 g/mol. The summed E-state index contributed by atoms with van der Waals surface area (Å²) < 4.78 is 0. The van der Waals surface area contributed by atoms with Gasteiger partial charge in [-0.15, -0.1) is 0 Å². The number of carbonyl (C=O) groups excluding carboxylic acids is 1. The number of hydrogen-bond acceptors (Lipinski definition) is 1. The zero-order valence-corrected chi connectivity index (χ0v) is 8.58. The lowest BCUT2D eigenvalue weighted by Crippen LogP contribution is -1.84. The summed E-state index contributed by atoms with van der Waals surface area (Å²) >= 11 is 0. The molecule has 14 heavy (non-hydrogen) atoms. The van der Waals surface area contributed by atoms with Crippen LogP contribution < -0.4 is 0 Å². The molecule has 0 spiro atoms. The molecule has 1 aromatic carbocycles. The summed E-state index contributed by atoms with van der Waals surface area (Å²) in [5.74, 6) is -0.0656. The first kappa shape index (κ1) is 10.5. The van der Waals surface area contributed by atoms with Gasteiger partial charge in [0.25, 0.3) is 0 Å². The molecule has 1 rings (SSSR count). The highest BCUT2D eigenvalue weighted by Gasteiger charge is 1.92. The van der Waals surface area contributed by atoms with Crippen molar-refractivity contribution >= 4 is 11.9 Å². The highest BCUT2D eigenvalue weighted by Crippen LogP contribution is 2.10. The van der Waals surface area contributed by atoms with Crippen molar-refractivity contribution in [3.8, 4) is 0 Å². The number of allylic oxidation sites excluding steroid dienone is 2. The van der Waals surface area contributed by atoms with Crippen molar-refractivity contribution in [1.82, 2.24) is 0 Å². The van der Waals surface area contributed by atoms with Crippen molar-refractivity contribution in [2.75, 3.05) is 0 Å². The maximum Gasteiger partial charge on any atom is 0.178 e. The van der Waals surface area contributed by atoms with Crippen molar-refractivity contribution in [2.24, 2.45) is 0 Å². The van der Waals surface area contributed by atoms with E-state index in [4.69, 9.17) is 0 Å². The van der Waals surface area contributed by atoms with Gasteiger partial charge in [0, 0.05) is 0 Å². The van der Waals surface area contributed by atoms with E-state index >= 15 is 0 Å². The van der Waals surface area contributed by atoms with E-state index in [0.717, 1.165) is 5.56 Å². The molecule has 0 heterocycles. The normalized spacial score (nSPS) is 10.4. The molecule has 1 heteroatoms. The summed E-state index contributed by atoms with van der Waals surface area (Å²) in [5, 5.41) is 0. The maximum absolute atomic E-state index is 11.0. The molecule has 72 valence electrons. The SMILES string of the molecule is C=CC(=O)/C=C/c1cc(C)cc(C)c1. The van der Waals surface area contributed by atoms with Gasteiger partial charge in [0.15, 0.2) is 5.78 Å². The second kappa shape index (κ2) is 4.56. The summed E-state index contributed by atoms with van der Waals surface area (Å²) in [6.45, 7) is 7.49. The van der Waals surface area contributed by atoms with Crippen LogP contribution in [0.3, 0.4) is 0 Å². The fourth-order valence-electron chi connectivity index (χ4n) is 1.35. The number of benzene rings is 1. The molecule has 0 bridgehead atoms. The summed E-state index contributed by atoms with van der Waals surface area (Å²) in [4.78, 5) is 11.0. The Morgan fingerprint density at radius 2 is 1.79 bits per heavy atom. The minimum absolute atomic E-state index is 0.0656. The Morgan fingerprint density at radius 1 is 1.21 bits per heavy atom. The van der Waals surface area contributed by atoms with E-state index in [1.807, 2.05) is 32.1 Å². The number of hydrogen-bond donors (Lipinski definition) is 0. The van der Waals surface area contributed by atoms with Gasteiger partial charge in [-0.2, -0.15) is 0 Å². The molecular weight excluding hydrogens is 172 g/mol. The van der Waals surface area contributed by atoms with Crippen LogP contribution in [0.1, 0.15) is 16.7 Å². The fraction of sp³-hybridized carbons (Fsp3) is 0.154. The van der Waals surface area contributed by atoms with Gasteiger partial charge in [0.1, 0.15) is 0 Å². The smallest absolute Gasteiger partial charge is 0.178 e. The molecule has 0 aliphatic heterocycles. The number of rotatable bonds is 3. The van der Waals surface area contributed by atoms with Crippen LogP contribution in [0.15, 0.2) is 36.9 Å². The lowest BCUT2D eigenvalue weighted by atomic mass is 10.1. The van der Waals surface area contributed by atoms with Crippen LogP contribution in [0.2, 0.25) is 0 Å². The minimum Gasteiger partial charge on any atom is -0.290 e. The van der Waals surface area contributed by atoms with Gasteiger partial charge < -0.3 is 0 Å². The molecule has 0 radical (unpaired) electrons. The van der Waals surface area contributed by atoms with E-state index < -0.39 is 0 Å². The third kappa shape index (κ3) is 3.02. The quantitative estimate of drug-likeness (QED) is 0.663. The van der Waals surface area contributed by atoms with Gasteiger partial charge >= 0.3 is 0 Å². The van der Waals surface area contributed by atoms with Crippen molar-refractivity contribution in [1.29, 1.82) is 0 Å². The van der Waals surface area contributed by atoms with E-state index in [0.29, 0.717) is 0 Å². The Kier molecular flexibility index (Phi) is 3.41. The molecule has 0 N–H and O–H groups in total. The number of ketones is 1. The molecule has 0 aliphatic rings. The standard InChI is InChI=1S/C13H14O/c1-4-13(14)6-5-12-8-10(2)7-11(3)9-12/h4-9H,1H2,2-3H3/b6-5+. The van der Waals surface area contributed by atoms with Crippen LogP contribution in [0.4, 0.5) is 0 Å². The van der Waals surface area contributed by atoms with Gasteiger partial charge in [-0.25, -0.2) is 0 Å². The maximum atomic E-state index is 11.0. The Bertz CT molecular complexity index is 366. The third-order valence-electron chi connectivity index (χ3n) is 1.89. The van der Waals surface area contributed by atoms with E-state index in [1.54, 1.807) is 0 Å². The van der Waals surface area contributed by atoms with E-state index in [2.05, 4.69) is 12.6 Å². The Labute approximate surface area is 84.8 Å². The molecular formula is C13H14O. The molecule has 0 saturated carbocycles. The first-order chi connectivity index (χ1) is 6.61. The lowest BCUT2D eigenvalue weighted by Gasteiger charge is -1.99. The Hall–Kier alpha value is -1.63. The first-order valence-electron chi connectivity index (χ1n) is 4.54. The van der Waals surface area contributed by atoms with Crippen molar-refractivity contribution in [3.05, 3.63) is 53.6 Å². The average Bonchev–Trinajstić information content (AvgIpc) is 2.12. The van der Waals surface area contributed by atoms with Crippen LogP contribution in [-0.2, 0) is 4.79 Å². The highest BCUT2D eigenvalue weighted by atomic mass is 16.1. The summed E-state index contributed by atoms with van der Waals surface area (Å²) in [6.07, 6.45) is 4.64. The molecule has 0 saturated heterocycles.